The molecule has 2 aromatic rings. The number of nitrogens with zero attached hydrogens (tertiary/aromatic N) is 2. The minimum Gasteiger partial charge on any atom is -0.494 e. The van der Waals surface area contributed by atoms with E-state index in [-0.39, 0.29) is 23.6 Å². The third kappa shape index (κ3) is 4.85. The quantitative estimate of drug-likeness (QED) is 0.639. The number of carbonyl (C=O) groups excluding carboxylic acids is 1. The molecule has 3 rings (SSSR count). The van der Waals surface area contributed by atoms with Crippen molar-refractivity contribution in [3.63, 3.8) is 0 Å². The summed E-state index contributed by atoms with van der Waals surface area (Å²) in [5.74, 6) is -1.20. The van der Waals surface area contributed by atoms with Gasteiger partial charge in [0.15, 0.2) is 5.56 Å². The van der Waals surface area contributed by atoms with Crippen molar-refractivity contribution in [2.45, 2.75) is 77.8 Å². The van der Waals surface area contributed by atoms with E-state index in [1.165, 1.54) is 4.57 Å². The van der Waals surface area contributed by atoms with E-state index in [9.17, 15) is 19.5 Å². The van der Waals surface area contributed by atoms with Crippen LogP contribution in [-0.4, -0.2) is 26.7 Å². The van der Waals surface area contributed by atoms with Gasteiger partial charge in [-0.1, -0.05) is 68.1 Å². The highest BCUT2D eigenvalue weighted by atomic mass is 79.9. The zero-order chi connectivity index (χ0) is 23.6. The number of benzene rings is 1. The van der Waals surface area contributed by atoms with Crippen LogP contribution in [0.15, 0.2) is 32.3 Å². The van der Waals surface area contributed by atoms with Crippen molar-refractivity contribution in [1.29, 1.82) is 0 Å². The average Bonchev–Trinajstić information content (AvgIpc) is 2.72. The minimum absolute atomic E-state index is 0.00206. The first-order valence-electron chi connectivity index (χ1n) is 11.2. The molecule has 0 atom stereocenters. The highest BCUT2D eigenvalue weighted by molar-refractivity contribution is 9.10. The summed E-state index contributed by atoms with van der Waals surface area (Å²) in [7, 11) is 0. The number of hydrogen-bond donors (Lipinski definition) is 2. The average molecular weight is 506 g/mol. The van der Waals surface area contributed by atoms with E-state index in [1.807, 2.05) is 18.2 Å². The van der Waals surface area contributed by atoms with Gasteiger partial charge in [0.25, 0.3) is 11.5 Å². The fourth-order valence-corrected chi connectivity index (χ4v) is 4.73. The van der Waals surface area contributed by atoms with Crippen LogP contribution in [0, 0.1) is 0 Å². The van der Waals surface area contributed by atoms with Gasteiger partial charge in [-0.15, -0.1) is 0 Å². The second-order valence-corrected chi connectivity index (χ2v) is 10.3. The summed E-state index contributed by atoms with van der Waals surface area (Å²) in [6.07, 6.45) is 4.40. The van der Waals surface area contributed by atoms with E-state index in [0.717, 1.165) is 52.3 Å². The number of carbonyl (C=O) groups is 1. The Morgan fingerprint density at radius 2 is 1.84 bits per heavy atom. The lowest BCUT2D eigenvalue weighted by atomic mass is 9.87. The Kier molecular flexibility index (Phi) is 7.32. The number of hydrogen-bond acceptors (Lipinski definition) is 4. The molecule has 0 aliphatic heterocycles. The highest BCUT2D eigenvalue weighted by Crippen LogP contribution is 2.31. The van der Waals surface area contributed by atoms with E-state index < -0.39 is 23.0 Å². The van der Waals surface area contributed by atoms with Crippen molar-refractivity contribution in [3.05, 3.63) is 60.2 Å². The molecule has 32 heavy (non-hydrogen) atoms. The van der Waals surface area contributed by atoms with Gasteiger partial charge >= 0.3 is 5.69 Å². The van der Waals surface area contributed by atoms with Crippen LogP contribution >= 0.6 is 15.9 Å². The first-order chi connectivity index (χ1) is 15.1. The van der Waals surface area contributed by atoms with Gasteiger partial charge in [-0.3, -0.25) is 18.7 Å². The van der Waals surface area contributed by atoms with Crippen LogP contribution in [0.5, 0.6) is 5.88 Å². The van der Waals surface area contributed by atoms with Crippen LogP contribution in [0.4, 0.5) is 0 Å². The van der Waals surface area contributed by atoms with E-state index in [0.29, 0.717) is 6.54 Å². The largest absolute Gasteiger partial charge is 0.494 e. The van der Waals surface area contributed by atoms with Crippen LogP contribution < -0.4 is 16.6 Å². The molecule has 1 aliphatic carbocycles. The summed E-state index contributed by atoms with van der Waals surface area (Å²) < 4.78 is 3.10. The molecule has 0 unspecified atom stereocenters. The maximum Gasteiger partial charge on any atom is 0.334 e. The maximum absolute atomic E-state index is 13.4. The van der Waals surface area contributed by atoms with Crippen molar-refractivity contribution in [2.24, 2.45) is 0 Å². The molecular weight excluding hydrogens is 474 g/mol. The van der Waals surface area contributed by atoms with Gasteiger partial charge in [0.1, 0.15) is 0 Å². The molecule has 0 spiro atoms. The number of nitrogens with one attached hydrogen (secondary N) is 1. The van der Waals surface area contributed by atoms with Crippen LogP contribution in [0.1, 0.15) is 87.3 Å². The van der Waals surface area contributed by atoms with E-state index in [4.69, 9.17) is 0 Å². The Morgan fingerprint density at radius 1 is 1.19 bits per heavy atom. The Labute approximate surface area is 196 Å². The first kappa shape index (κ1) is 24.3. The summed E-state index contributed by atoms with van der Waals surface area (Å²) in [4.78, 5) is 39.3. The van der Waals surface area contributed by atoms with Crippen molar-refractivity contribution in [1.82, 2.24) is 14.5 Å². The Morgan fingerprint density at radius 3 is 2.41 bits per heavy atom. The third-order valence-electron chi connectivity index (χ3n) is 6.10. The molecule has 1 fully saturated rings. The second-order valence-electron chi connectivity index (χ2n) is 9.45. The SMILES string of the molecule is CCNC(=O)c1c(O)n(C2CCCCC2)c(=O)n(Cc2ccc(C(C)(C)C)cc2Br)c1=O. The second kappa shape index (κ2) is 9.65. The smallest absolute Gasteiger partial charge is 0.334 e. The molecule has 0 radical (unpaired) electrons. The van der Waals surface area contributed by atoms with Gasteiger partial charge in [-0.2, -0.15) is 0 Å². The lowest BCUT2D eigenvalue weighted by Gasteiger charge is -2.26. The zero-order valence-corrected chi connectivity index (χ0v) is 20.8. The van der Waals surface area contributed by atoms with E-state index in [1.54, 1.807) is 6.92 Å². The molecule has 1 amide bonds. The Balaban J connectivity index is 2.17. The number of aromatic nitrogens is 2. The van der Waals surface area contributed by atoms with Gasteiger partial charge in [0.2, 0.25) is 5.88 Å². The van der Waals surface area contributed by atoms with Crippen molar-refractivity contribution >= 4 is 21.8 Å². The number of halogens is 1. The van der Waals surface area contributed by atoms with Gasteiger partial charge in [-0.25, -0.2) is 4.79 Å². The monoisotopic (exact) mass is 505 g/mol. The zero-order valence-electron chi connectivity index (χ0n) is 19.2. The van der Waals surface area contributed by atoms with Crippen LogP contribution in [0.25, 0.3) is 0 Å². The molecule has 1 saturated carbocycles. The summed E-state index contributed by atoms with van der Waals surface area (Å²) >= 11 is 3.58. The highest BCUT2D eigenvalue weighted by Gasteiger charge is 2.28. The summed E-state index contributed by atoms with van der Waals surface area (Å²) in [5, 5.41) is 13.4. The molecule has 1 aromatic heterocycles. The molecule has 1 heterocycles. The van der Waals surface area contributed by atoms with Crippen LogP contribution in [-0.2, 0) is 12.0 Å². The summed E-state index contributed by atoms with van der Waals surface area (Å²) in [6, 6.07) is 5.63. The molecular formula is C24H32BrN3O4. The minimum atomic E-state index is -0.780. The number of rotatable bonds is 5. The molecule has 8 heteroatoms. The normalized spacial score (nSPS) is 15.0. The fourth-order valence-electron chi connectivity index (χ4n) is 4.23. The standard InChI is InChI=1S/C24H32BrN3O4/c1-5-26-20(29)19-21(30)27(14-15-11-12-16(13-18(15)25)24(2,3)4)23(32)28(22(19)31)17-9-7-6-8-10-17/h11-13,17,31H,5-10,14H2,1-4H3,(H,26,29). The van der Waals surface area contributed by atoms with Crippen molar-refractivity contribution < 1.29 is 9.90 Å². The molecule has 1 aromatic carbocycles. The maximum atomic E-state index is 13.4. The van der Waals surface area contributed by atoms with Gasteiger partial charge < -0.3 is 10.4 Å². The molecule has 7 nitrogen and oxygen atoms in total. The van der Waals surface area contributed by atoms with Crippen LogP contribution in [0.3, 0.4) is 0 Å². The van der Waals surface area contributed by atoms with Gasteiger partial charge in [0.05, 0.1) is 6.54 Å². The summed E-state index contributed by atoms with van der Waals surface area (Å²) in [5.41, 5.74) is 0.0833. The Hall–Kier alpha value is -2.35. The predicted molar refractivity (Wildman–Crippen MR) is 129 cm³/mol. The third-order valence-corrected chi connectivity index (χ3v) is 6.84. The van der Waals surface area contributed by atoms with Crippen LogP contribution in [0.2, 0.25) is 0 Å². The predicted octanol–water partition coefficient (Wildman–Crippen LogP) is 4.08. The molecule has 0 bridgehead atoms. The van der Waals surface area contributed by atoms with Crippen molar-refractivity contribution in [3.8, 4) is 5.88 Å². The number of aromatic hydroxyl groups is 1. The van der Waals surface area contributed by atoms with E-state index >= 15 is 0 Å². The van der Waals surface area contributed by atoms with Gasteiger partial charge in [-0.05, 0) is 42.4 Å². The van der Waals surface area contributed by atoms with Gasteiger partial charge in [0, 0.05) is 17.1 Å². The molecule has 0 saturated heterocycles. The number of amides is 1. The van der Waals surface area contributed by atoms with Crippen molar-refractivity contribution in [2.75, 3.05) is 6.54 Å². The fraction of sp³-hybridized carbons (Fsp3) is 0.542. The summed E-state index contributed by atoms with van der Waals surface area (Å²) in [6.45, 7) is 8.38. The van der Waals surface area contributed by atoms with E-state index in [2.05, 4.69) is 42.0 Å². The molecule has 2 N–H and O–H groups in total. The molecule has 174 valence electrons. The Bertz CT molecular complexity index is 1120. The first-order valence-corrected chi connectivity index (χ1v) is 12.0. The lowest BCUT2D eigenvalue weighted by molar-refractivity contribution is 0.0947. The lowest BCUT2D eigenvalue weighted by Crippen LogP contribution is -2.45. The topological polar surface area (TPSA) is 93.3 Å². The molecule has 1 aliphatic rings.